The molecule has 0 fully saturated rings. The van der Waals surface area contributed by atoms with Crippen LogP contribution in [0.25, 0.3) is 0 Å². The van der Waals surface area contributed by atoms with E-state index in [4.69, 9.17) is 11.6 Å². The number of aryl methyl sites for hydroxylation is 1. The van der Waals surface area contributed by atoms with E-state index in [0.717, 1.165) is 12.1 Å². The van der Waals surface area contributed by atoms with Crippen LogP contribution in [-0.2, 0) is 17.8 Å². The molecular weight excluding hydrogens is 482 g/mol. The molecule has 2 aromatic carbocycles. The van der Waals surface area contributed by atoms with Crippen molar-refractivity contribution in [3.8, 4) is 0 Å². The van der Waals surface area contributed by atoms with Gasteiger partial charge in [-0.3, -0.25) is 9.59 Å². The fourth-order valence-corrected chi connectivity index (χ4v) is 4.46. The molecule has 184 valence electrons. The molecule has 7 nitrogen and oxygen atoms in total. The van der Waals surface area contributed by atoms with Crippen LogP contribution in [0, 0.1) is 5.92 Å². The highest BCUT2D eigenvalue weighted by Gasteiger charge is 2.27. The van der Waals surface area contributed by atoms with Gasteiger partial charge in [-0.1, -0.05) is 74.5 Å². The summed E-state index contributed by atoms with van der Waals surface area (Å²) in [7, 11) is 0. The number of carbonyl (C=O) groups excluding carboxylic acids is 2. The Bertz CT molecular complexity index is 1180. The quantitative estimate of drug-likeness (QED) is 0.261. The van der Waals surface area contributed by atoms with Crippen LogP contribution < -0.4 is 10.6 Å². The third-order valence-electron chi connectivity index (χ3n) is 5.39. The average Bonchev–Trinajstić information content (AvgIpc) is 3.24. The Labute approximate surface area is 215 Å². The second-order valence-electron chi connectivity index (χ2n) is 8.30. The molecule has 0 unspecified atom stereocenters. The molecule has 9 heteroatoms. The van der Waals surface area contributed by atoms with Gasteiger partial charge in [0, 0.05) is 12.2 Å². The van der Waals surface area contributed by atoms with E-state index in [9.17, 15) is 9.59 Å². The molecule has 2 amide bonds. The molecule has 0 aliphatic rings. The van der Waals surface area contributed by atoms with Crippen LogP contribution in [0.15, 0.2) is 66.3 Å². The van der Waals surface area contributed by atoms with Gasteiger partial charge in [0.05, 0.1) is 22.4 Å². The van der Waals surface area contributed by atoms with Gasteiger partial charge in [0.15, 0.2) is 11.0 Å². The number of benzene rings is 2. The fourth-order valence-electron chi connectivity index (χ4n) is 3.48. The highest BCUT2D eigenvalue weighted by Crippen LogP contribution is 2.26. The highest BCUT2D eigenvalue weighted by molar-refractivity contribution is 7.99. The molecule has 3 aromatic rings. The number of hydrogen-bond acceptors (Lipinski definition) is 5. The van der Waals surface area contributed by atoms with Crippen LogP contribution in [0.5, 0.6) is 0 Å². The van der Waals surface area contributed by atoms with Gasteiger partial charge in [0.1, 0.15) is 0 Å². The summed E-state index contributed by atoms with van der Waals surface area (Å²) >= 11 is 7.49. The first-order valence-corrected chi connectivity index (χ1v) is 12.8. The zero-order valence-electron chi connectivity index (χ0n) is 20.1. The van der Waals surface area contributed by atoms with Gasteiger partial charge >= 0.3 is 0 Å². The number of halogens is 1. The van der Waals surface area contributed by atoms with Gasteiger partial charge in [0.2, 0.25) is 5.91 Å². The Morgan fingerprint density at radius 3 is 2.49 bits per heavy atom. The Kier molecular flexibility index (Phi) is 9.51. The number of thioether (sulfide) groups is 1. The van der Waals surface area contributed by atoms with E-state index in [0.29, 0.717) is 28.1 Å². The van der Waals surface area contributed by atoms with E-state index in [1.807, 2.05) is 42.7 Å². The molecule has 0 bridgehead atoms. The summed E-state index contributed by atoms with van der Waals surface area (Å²) in [6, 6.07) is 14.3. The second kappa shape index (κ2) is 12.6. The average molecular weight is 512 g/mol. The van der Waals surface area contributed by atoms with E-state index >= 15 is 0 Å². The molecule has 1 heterocycles. The van der Waals surface area contributed by atoms with Crippen LogP contribution in [-0.4, -0.2) is 32.3 Å². The molecule has 3 rings (SSSR count). The number of nitrogens with zero attached hydrogens (tertiary/aromatic N) is 3. The van der Waals surface area contributed by atoms with E-state index in [2.05, 4.69) is 34.3 Å². The van der Waals surface area contributed by atoms with E-state index in [1.54, 1.807) is 30.3 Å². The molecule has 0 aliphatic carbocycles. The highest BCUT2D eigenvalue weighted by atomic mass is 35.5. The van der Waals surface area contributed by atoms with E-state index in [1.165, 1.54) is 17.3 Å². The van der Waals surface area contributed by atoms with Crippen molar-refractivity contribution in [1.29, 1.82) is 0 Å². The summed E-state index contributed by atoms with van der Waals surface area (Å²) in [6.07, 6.45) is 2.68. The van der Waals surface area contributed by atoms with Gasteiger partial charge in [-0.2, -0.15) is 0 Å². The molecule has 0 saturated heterocycles. The molecule has 1 atom stereocenters. The van der Waals surface area contributed by atoms with E-state index in [-0.39, 0.29) is 23.5 Å². The van der Waals surface area contributed by atoms with Crippen molar-refractivity contribution in [3.05, 3.63) is 83.2 Å². The number of carbonyl (C=O) groups is 2. The molecular formula is C26H30ClN5O2S. The maximum absolute atomic E-state index is 12.9. The number of hydrogen-bond donors (Lipinski definition) is 2. The van der Waals surface area contributed by atoms with Crippen molar-refractivity contribution in [2.45, 2.75) is 44.9 Å². The first-order valence-electron chi connectivity index (χ1n) is 11.4. The number of nitrogens with one attached hydrogen (secondary N) is 2. The molecule has 1 aromatic heterocycles. The van der Waals surface area contributed by atoms with Crippen molar-refractivity contribution >= 4 is 40.9 Å². The predicted molar refractivity (Wildman–Crippen MR) is 142 cm³/mol. The minimum Gasteiger partial charge on any atom is -0.342 e. The normalized spacial score (nSPS) is 11.8. The van der Waals surface area contributed by atoms with E-state index < -0.39 is 6.04 Å². The summed E-state index contributed by atoms with van der Waals surface area (Å²) < 4.78 is 1.87. The van der Waals surface area contributed by atoms with Crippen LogP contribution in [0.2, 0.25) is 5.02 Å². The minimum absolute atomic E-state index is 0.0291. The van der Waals surface area contributed by atoms with Gasteiger partial charge in [0.25, 0.3) is 5.91 Å². The summed E-state index contributed by atoms with van der Waals surface area (Å²) in [4.78, 5) is 25.4. The van der Waals surface area contributed by atoms with Crippen LogP contribution in [0.3, 0.4) is 0 Å². The maximum atomic E-state index is 12.9. The number of allylic oxidation sites excluding steroid dienone is 1. The Morgan fingerprint density at radius 1 is 1.14 bits per heavy atom. The number of aromatic nitrogens is 3. The second-order valence-corrected chi connectivity index (χ2v) is 9.65. The van der Waals surface area contributed by atoms with Crippen LogP contribution in [0.4, 0.5) is 5.69 Å². The lowest BCUT2D eigenvalue weighted by Crippen LogP contribution is -2.34. The summed E-state index contributed by atoms with van der Waals surface area (Å²) in [5.74, 6) is 0.370. The zero-order chi connectivity index (χ0) is 25.4. The third-order valence-corrected chi connectivity index (χ3v) is 6.68. The Balaban J connectivity index is 1.74. The third kappa shape index (κ3) is 6.96. The number of rotatable bonds is 11. The lowest BCUT2D eigenvalue weighted by atomic mass is 10.0. The van der Waals surface area contributed by atoms with Gasteiger partial charge in [-0.15, -0.1) is 16.8 Å². The molecule has 0 aliphatic heterocycles. The molecule has 35 heavy (non-hydrogen) atoms. The van der Waals surface area contributed by atoms with Crippen molar-refractivity contribution < 1.29 is 9.59 Å². The smallest absolute Gasteiger partial charge is 0.253 e. The van der Waals surface area contributed by atoms with Crippen molar-refractivity contribution in [2.24, 2.45) is 5.92 Å². The lowest BCUT2D eigenvalue weighted by Gasteiger charge is -2.23. The molecule has 0 saturated carbocycles. The number of anilines is 1. The van der Waals surface area contributed by atoms with Gasteiger partial charge < -0.3 is 15.2 Å². The molecule has 0 spiro atoms. The zero-order valence-corrected chi connectivity index (χ0v) is 21.7. The van der Waals surface area contributed by atoms with Gasteiger partial charge in [-0.25, -0.2) is 0 Å². The topological polar surface area (TPSA) is 88.9 Å². The van der Waals surface area contributed by atoms with Crippen LogP contribution >= 0.6 is 23.4 Å². The molecule has 0 radical (unpaired) electrons. The SMILES string of the molecule is C=CCn1c(SCC(=O)Nc2ccc(CC)cc2)nnc1[C@H](NC(=O)c1ccccc1Cl)C(C)C. The molecule has 2 N–H and O–H groups in total. The first-order chi connectivity index (χ1) is 16.8. The summed E-state index contributed by atoms with van der Waals surface area (Å²) in [5, 5.41) is 15.6. The number of amides is 2. The monoisotopic (exact) mass is 511 g/mol. The predicted octanol–water partition coefficient (Wildman–Crippen LogP) is 5.54. The van der Waals surface area contributed by atoms with Crippen LogP contribution in [0.1, 0.15) is 48.6 Å². The maximum Gasteiger partial charge on any atom is 0.253 e. The Hall–Kier alpha value is -3.10. The summed E-state index contributed by atoms with van der Waals surface area (Å²) in [6.45, 7) is 10.4. The minimum atomic E-state index is -0.411. The lowest BCUT2D eigenvalue weighted by molar-refractivity contribution is -0.113. The van der Waals surface area contributed by atoms with Crippen molar-refractivity contribution in [2.75, 3.05) is 11.1 Å². The van der Waals surface area contributed by atoms with Crippen molar-refractivity contribution in [1.82, 2.24) is 20.1 Å². The standard InChI is InChI=1S/C26H30ClN5O2S/c1-5-15-32-24(23(17(3)4)29-25(34)20-9-7-8-10-21(20)27)30-31-26(32)35-16-22(33)28-19-13-11-18(6-2)12-14-19/h5,7-14,17,23H,1,6,15-16H2,2-4H3,(H,28,33)(H,29,34)/t23-/m1/s1. The van der Waals surface area contributed by atoms with Crippen molar-refractivity contribution in [3.63, 3.8) is 0 Å². The fraction of sp³-hybridized carbons (Fsp3) is 0.308. The summed E-state index contributed by atoms with van der Waals surface area (Å²) in [5.41, 5.74) is 2.36. The first kappa shape index (κ1) is 26.5. The largest absolute Gasteiger partial charge is 0.342 e. The van der Waals surface area contributed by atoms with Gasteiger partial charge in [-0.05, 0) is 42.2 Å². The Morgan fingerprint density at radius 2 is 1.86 bits per heavy atom.